The summed E-state index contributed by atoms with van der Waals surface area (Å²) in [4.78, 5) is 16.9. The first-order chi connectivity index (χ1) is 9.22. The SMILES string of the molecule is Cc1ccc(Oc2ccc3nccnc3n2)c(Br)n1. The van der Waals surface area contributed by atoms with Crippen LogP contribution in [0.25, 0.3) is 11.2 Å². The van der Waals surface area contributed by atoms with Crippen LogP contribution in [0.2, 0.25) is 0 Å². The molecule has 0 bridgehead atoms. The fraction of sp³-hybridized carbons (Fsp3) is 0.0769. The van der Waals surface area contributed by atoms with E-state index in [-0.39, 0.29) is 0 Å². The molecule has 0 aliphatic carbocycles. The van der Waals surface area contributed by atoms with Gasteiger partial charge in [0.05, 0.1) is 0 Å². The van der Waals surface area contributed by atoms with Crippen LogP contribution >= 0.6 is 15.9 Å². The second-order valence-electron chi connectivity index (χ2n) is 3.89. The summed E-state index contributed by atoms with van der Waals surface area (Å²) in [6.45, 7) is 1.92. The number of halogens is 1. The van der Waals surface area contributed by atoms with Gasteiger partial charge in [-0.1, -0.05) is 0 Å². The van der Waals surface area contributed by atoms with Crippen molar-refractivity contribution in [2.75, 3.05) is 0 Å². The number of pyridine rings is 2. The van der Waals surface area contributed by atoms with Gasteiger partial charge in [0.25, 0.3) is 0 Å². The first-order valence-corrected chi connectivity index (χ1v) is 6.40. The number of hydrogen-bond donors (Lipinski definition) is 0. The lowest BCUT2D eigenvalue weighted by Gasteiger charge is -2.07. The van der Waals surface area contributed by atoms with Crippen LogP contribution in [0.5, 0.6) is 11.6 Å². The Balaban J connectivity index is 1.96. The van der Waals surface area contributed by atoms with Crippen LogP contribution in [0, 0.1) is 6.92 Å². The number of nitrogens with zero attached hydrogens (tertiary/aromatic N) is 4. The van der Waals surface area contributed by atoms with Gasteiger partial charge in [-0.15, -0.1) is 0 Å². The van der Waals surface area contributed by atoms with Crippen molar-refractivity contribution in [3.05, 3.63) is 47.0 Å². The molecule has 5 nitrogen and oxygen atoms in total. The smallest absolute Gasteiger partial charge is 0.221 e. The molecule has 0 amide bonds. The van der Waals surface area contributed by atoms with E-state index in [1.807, 2.05) is 25.1 Å². The first-order valence-electron chi connectivity index (χ1n) is 5.61. The summed E-state index contributed by atoms with van der Waals surface area (Å²) in [5.41, 5.74) is 2.20. The Bertz CT molecular complexity index is 748. The molecule has 6 heteroatoms. The molecule has 0 radical (unpaired) electrons. The highest BCUT2D eigenvalue weighted by Gasteiger charge is 2.06. The van der Waals surface area contributed by atoms with Crippen LogP contribution in [0.3, 0.4) is 0 Å². The van der Waals surface area contributed by atoms with Gasteiger partial charge in [0.15, 0.2) is 11.4 Å². The van der Waals surface area contributed by atoms with Gasteiger partial charge >= 0.3 is 0 Å². The van der Waals surface area contributed by atoms with Crippen molar-refractivity contribution in [2.24, 2.45) is 0 Å². The van der Waals surface area contributed by atoms with Crippen molar-refractivity contribution in [3.8, 4) is 11.6 Å². The molecule has 19 heavy (non-hydrogen) atoms. The highest BCUT2D eigenvalue weighted by atomic mass is 79.9. The minimum atomic E-state index is 0.458. The molecule has 0 fully saturated rings. The molecule has 3 aromatic rings. The highest BCUT2D eigenvalue weighted by Crippen LogP contribution is 2.27. The fourth-order valence-corrected chi connectivity index (χ4v) is 2.09. The molecule has 0 aliphatic rings. The van der Waals surface area contributed by atoms with E-state index in [1.54, 1.807) is 18.5 Å². The predicted molar refractivity (Wildman–Crippen MR) is 74.1 cm³/mol. The zero-order valence-corrected chi connectivity index (χ0v) is 11.6. The zero-order chi connectivity index (χ0) is 13.2. The van der Waals surface area contributed by atoms with Crippen molar-refractivity contribution in [2.45, 2.75) is 6.92 Å². The third-order valence-corrected chi connectivity index (χ3v) is 3.04. The van der Waals surface area contributed by atoms with Crippen LogP contribution in [-0.2, 0) is 0 Å². The molecule has 3 aromatic heterocycles. The Kier molecular flexibility index (Phi) is 3.08. The minimum absolute atomic E-state index is 0.458. The van der Waals surface area contributed by atoms with Gasteiger partial charge in [-0.25, -0.2) is 9.97 Å². The van der Waals surface area contributed by atoms with Gasteiger partial charge in [-0.3, -0.25) is 4.98 Å². The number of aromatic nitrogens is 4. The maximum Gasteiger partial charge on any atom is 0.221 e. The average molecular weight is 317 g/mol. The van der Waals surface area contributed by atoms with Crippen molar-refractivity contribution < 1.29 is 4.74 Å². The van der Waals surface area contributed by atoms with E-state index in [0.717, 1.165) is 11.2 Å². The van der Waals surface area contributed by atoms with E-state index in [0.29, 0.717) is 21.9 Å². The monoisotopic (exact) mass is 316 g/mol. The quantitative estimate of drug-likeness (QED) is 0.679. The molecule has 0 spiro atoms. The zero-order valence-electron chi connectivity index (χ0n) is 10.0. The Morgan fingerprint density at radius 2 is 1.84 bits per heavy atom. The molecule has 0 saturated heterocycles. The standard InChI is InChI=1S/C13H9BrN4O/c1-8-2-4-10(12(14)17-8)19-11-5-3-9-13(18-11)16-7-6-15-9/h2-7H,1H3. The van der Waals surface area contributed by atoms with E-state index in [2.05, 4.69) is 35.9 Å². The summed E-state index contributed by atoms with van der Waals surface area (Å²) in [6, 6.07) is 7.29. The van der Waals surface area contributed by atoms with Gasteiger partial charge in [0.2, 0.25) is 5.88 Å². The van der Waals surface area contributed by atoms with Gasteiger partial charge in [-0.2, -0.15) is 4.98 Å². The van der Waals surface area contributed by atoms with Crippen molar-refractivity contribution in [1.29, 1.82) is 0 Å². The summed E-state index contributed by atoms with van der Waals surface area (Å²) in [5, 5.41) is 0. The molecule has 0 aliphatic heterocycles. The number of hydrogen-bond acceptors (Lipinski definition) is 5. The lowest BCUT2D eigenvalue weighted by Crippen LogP contribution is -1.93. The molecule has 3 rings (SSSR count). The molecule has 94 valence electrons. The largest absolute Gasteiger partial charge is 0.436 e. The van der Waals surface area contributed by atoms with Gasteiger partial charge in [0.1, 0.15) is 10.1 Å². The number of rotatable bonds is 2. The number of fused-ring (bicyclic) bond motifs is 1. The van der Waals surface area contributed by atoms with Gasteiger partial charge < -0.3 is 4.74 Å². The molecule has 0 aromatic carbocycles. The molecular weight excluding hydrogens is 308 g/mol. The molecule has 0 atom stereocenters. The third kappa shape index (κ3) is 2.53. The van der Waals surface area contributed by atoms with Crippen molar-refractivity contribution in [1.82, 2.24) is 19.9 Å². The Hall–Kier alpha value is -2.08. The van der Waals surface area contributed by atoms with Crippen LogP contribution < -0.4 is 4.74 Å². The molecule has 0 saturated carbocycles. The van der Waals surface area contributed by atoms with Gasteiger partial charge in [0, 0.05) is 24.2 Å². The summed E-state index contributed by atoms with van der Waals surface area (Å²) < 4.78 is 6.33. The van der Waals surface area contributed by atoms with Crippen molar-refractivity contribution >= 4 is 27.1 Å². The number of aryl methyl sites for hydroxylation is 1. The number of ether oxygens (including phenoxy) is 1. The summed E-state index contributed by atoms with van der Waals surface area (Å²) in [6.07, 6.45) is 3.23. The Morgan fingerprint density at radius 1 is 1.00 bits per heavy atom. The van der Waals surface area contributed by atoms with Crippen LogP contribution in [0.1, 0.15) is 5.69 Å². The van der Waals surface area contributed by atoms with E-state index >= 15 is 0 Å². The van der Waals surface area contributed by atoms with E-state index < -0.39 is 0 Å². The van der Waals surface area contributed by atoms with Crippen molar-refractivity contribution in [3.63, 3.8) is 0 Å². The Labute approximate surface area is 117 Å². The minimum Gasteiger partial charge on any atom is -0.436 e. The van der Waals surface area contributed by atoms with Crippen LogP contribution in [0.15, 0.2) is 41.3 Å². The highest BCUT2D eigenvalue weighted by molar-refractivity contribution is 9.10. The predicted octanol–water partition coefficient (Wildman–Crippen LogP) is 3.28. The van der Waals surface area contributed by atoms with Gasteiger partial charge in [-0.05, 0) is 41.1 Å². The molecule has 0 unspecified atom stereocenters. The molecule has 0 N–H and O–H groups in total. The van der Waals surface area contributed by atoms with E-state index in [4.69, 9.17) is 4.74 Å². The lowest BCUT2D eigenvalue weighted by atomic mass is 10.4. The topological polar surface area (TPSA) is 60.8 Å². The maximum atomic E-state index is 5.68. The first kappa shape index (κ1) is 12.0. The summed E-state index contributed by atoms with van der Waals surface area (Å²) in [5.74, 6) is 1.07. The third-order valence-electron chi connectivity index (χ3n) is 2.47. The average Bonchev–Trinajstić information content (AvgIpc) is 2.42. The van der Waals surface area contributed by atoms with Crippen LogP contribution in [0.4, 0.5) is 0 Å². The van der Waals surface area contributed by atoms with E-state index in [1.165, 1.54) is 0 Å². The summed E-state index contributed by atoms with van der Waals surface area (Å²) >= 11 is 3.36. The normalized spacial score (nSPS) is 10.6. The molecular formula is C13H9BrN4O. The second-order valence-corrected chi connectivity index (χ2v) is 4.64. The van der Waals surface area contributed by atoms with Crippen LogP contribution in [-0.4, -0.2) is 19.9 Å². The van der Waals surface area contributed by atoms with E-state index in [9.17, 15) is 0 Å². The summed E-state index contributed by atoms with van der Waals surface area (Å²) in [7, 11) is 0. The lowest BCUT2D eigenvalue weighted by molar-refractivity contribution is 0.458. The maximum absolute atomic E-state index is 5.68. The fourth-order valence-electron chi connectivity index (χ4n) is 1.59. The molecule has 3 heterocycles. The Morgan fingerprint density at radius 3 is 2.68 bits per heavy atom. The second kappa shape index (κ2) is 4.89.